The van der Waals surface area contributed by atoms with Gasteiger partial charge in [-0.3, -0.25) is 4.90 Å². The van der Waals surface area contributed by atoms with E-state index in [1.807, 2.05) is 11.3 Å². The summed E-state index contributed by atoms with van der Waals surface area (Å²) < 4.78 is 1.40. The lowest BCUT2D eigenvalue weighted by Gasteiger charge is -2.38. The number of nitrogens with zero attached hydrogens (tertiary/aromatic N) is 2. The average Bonchev–Trinajstić information content (AvgIpc) is 2.99. The van der Waals surface area contributed by atoms with Crippen LogP contribution in [0.3, 0.4) is 0 Å². The summed E-state index contributed by atoms with van der Waals surface area (Å²) in [4.78, 5) is 5.19. The largest absolute Gasteiger partial charge is 0.368 e. The van der Waals surface area contributed by atoms with Crippen LogP contribution < -0.4 is 10.6 Å². The number of anilines is 1. The van der Waals surface area contributed by atoms with Gasteiger partial charge in [-0.05, 0) is 55.3 Å². The van der Waals surface area contributed by atoms with Gasteiger partial charge < -0.3 is 10.6 Å². The van der Waals surface area contributed by atoms with Crippen LogP contribution >= 0.6 is 11.3 Å². The fourth-order valence-electron chi connectivity index (χ4n) is 3.85. The molecule has 2 N–H and O–H groups in total. The number of hydrogen-bond acceptors (Lipinski definition) is 4. The van der Waals surface area contributed by atoms with E-state index in [-0.39, 0.29) is 0 Å². The number of benzene rings is 1. The number of piperazine rings is 1. The van der Waals surface area contributed by atoms with Gasteiger partial charge in [0.1, 0.15) is 0 Å². The fourth-order valence-corrected chi connectivity index (χ4v) is 4.66. The zero-order valence-electron chi connectivity index (χ0n) is 13.1. The molecule has 0 atom stereocenters. The van der Waals surface area contributed by atoms with Crippen molar-refractivity contribution in [3.05, 3.63) is 29.6 Å². The first-order valence-electron chi connectivity index (χ1n) is 8.49. The van der Waals surface area contributed by atoms with Crippen LogP contribution in [0.5, 0.6) is 0 Å². The Labute approximate surface area is 136 Å². The summed E-state index contributed by atoms with van der Waals surface area (Å²) >= 11 is 1.84. The molecule has 4 heteroatoms. The van der Waals surface area contributed by atoms with E-state index in [1.54, 1.807) is 0 Å². The van der Waals surface area contributed by atoms with E-state index in [0.29, 0.717) is 6.04 Å². The second-order valence-electron chi connectivity index (χ2n) is 6.82. The second kappa shape index (κ2) is 6.19. The third-order valence-electron chi connectivity index (χ3n) is 5.31. The maximum atomic E-state index is 5.88. The quantitative estimate of drug-likeness (QED) is 0.941. The van der Waals surface area contributed by atoms with E-state index >= 15 is 0 Å². The lowest BCUT2D eigenvalue weighted by atomic mass is 9.79. The van der Waals surface area contributed by atoms with Crippen LogP contribution in [0, 0.1) is 5.92 Å². The van der Waals surface area contributed by atoms with Gasteiger partial charge in [0.2, 0.25) is 0 Å². The summed E-state index contributed by atoms with van der Waals surface area (Å²) in [6.07, 6.45) is 3.84. The van der Waals surface area contributed by atoms with Crippen molar-refractivity contribution in [1.29, 1.82) is 0 Å². The van der Waals surface area contributed by atoms with E-state index < -0.39 is 0 Å². The molecule has 2 aromatic rings. The molecule has 0 unspecified atom stereocenters. The highest BCUT2D eigenvalue weighted by molar-refractivity contribution is 7.17. The smallest absolute Gasteiger partial charge is 0.0455 e. The van der Waals surface area contributed by atoms with Crippen molar-refractivity contribution in [2.75, 3.05) is 37.6 Å². The number of thiophene rings is 1. The first-order valence-corrected chi connectivity index (χ1v) is 9.36. The van der Waals surface area contributed by atoms with Crippen molar-refractivity contribution in [1.82, 2.24) is 4.90 Å². The van der Waals surface area contributed by atoms with Gasteiger partial charge in [0.15, 0.2) is 0 Å². The standard InChI is InChI=1S/C18H25N3S/c19-15-12-14(13-15)4-6-20-7-9-21(10-8-20)17-2-1-3-18-16(17)5-11-22-18/h1-3,5,11,14-15H,4,6-10,12-13,19H2. The van der Waals surface area contributed by atoms with Gasteiger partial charge in [-0.2, -0.15) is 0 Å². The van der Waals surface area contributed by atoms with Crippen molar-refractivity contribution in [3.63, 3.8) is 0 Å². The molecular weight excluding hydrogens is 290 g/mol. The van der Waals surface area contributed by atoms with E-state index in [2.05, 4.69) is 39.4 Å². The van der Waals surface area contributed by atoms with Crippen LogP contribution in [0.4, 0.5) is 5.69 Å². The molecule has 4 rings (SSSR count). The Morgan fingerprint density at radius 3 is 2.68 bits per heavy atom. The summed E-state index contributed by atoms with van der Waals surface area (Å²) in [5.41, 5.74) is 7.30. The van der Waals surface area contributed by atoms with Crippen LogP contribution in [-0.2, 0) is 0 Å². The predicted molar refractivity (Wildman–Crippen MR) is 95.8 cm³/mol. The molecule has 3 nitrogen and oxygen atoms in total. The topological polar surface area (TPSA) is 32.5 Å². The van der Waals surface area contributed by atoms with Crippen LogP contribution in [0.1, 0.15) is 19.3 Å². The van der Waals surface area contributed by atoms with Crippen molar-refractivity contribution in [2.45, 2.75) is 25.3 Å². The maximum Gasteiger partial charge on any atom is 0.0455 e. The molecule has 2 aliphatic rings. The second-order valence-corrected chi connectivity index (χ2v) is 7.77. The molecule has 2 heterocycles. The van der Waals surface area contributed by atoms with E-state index in [0.717, 1.165) is 19.0 Å². The average molecular weight is 315 g/mol. The van der Waals surface area contributed by atoms with Gasteiger partial charge in [-0.1, -0.05) is 6.07 Å². The summed E-state index contributed by atoms with van der Waals surface area (Å²) in [6.45, 7) is 5.95. The van der Waals surface area contributed by atoms with Crippen molar-refractivity contribution in [3.8, 4) is 0 Å². The van der Waals surface area contributed by atoms with Crippen molar-refractivity contribution in [2.24, 2.45) is 11.7 Å². The summed E-state index contributed by atoms with van der Waals surface area (Å²) in [7, 11) is 0. The Hall–Kier alpha value is -1.10. The first kappa shape index (κ1) is 14.5. The van der Waals surface area contributed by atoms with Crippen molar-refractivity contribution < 1.29 is 0 Å². The highest BCUT2D eigenvalue weighted by atomic mass is 32.1. The monoisotopic (exact) mass is 315 g/mol. The molecular formula is C18H25N3S. The lowest BCUT2D eigenvalue weighted by Crippen LogP contribution is -2.47. The Bertz CT molecular complexity index is 624. The first-order chi connectivity index (χ1) is 10.8. The number of rotatable bonds is 4. The number of fused-ring (bicyclic) bond motifs is 1. The highest BCUT2D eigenvalue weighted by Gasteiger charge is 2.26. The minimum absolute atomic E-state index is 0.493. The highest BCUT2D eigenvalue weighted by Crippen LogP contribution is 2.32. The summed E-state index contributed by atoms with van der Waals surface area (Å²) in [5, 5.41) is 3.62. The summed E-state index contributed by atoms with van der Waals surface area (Å²) in [6, 6.07) is 9.46. The normalized spacial score (nSPS) is 26.3. The molecule has 1 aliphatic heterocycles. The molecule has 118 valence electrons. The Morgan fingerprint density at radius 1 is 1.09 bits per heavy atom. The Kier molecular flexibility index (Phi) is 4.07. The number of nitrogens with two attached hydrogens (primary N) is 1. The van der Waals surface area contributed by atoms with Gasteiger partial charge >= 0.3 is 0 Å². The maximum absolute atomic E-state index is 5.88. The molecule has 1 saturated carbocycles. The zero-order valence-corrected chi connectivity index (χ0v) is 13.9. The predicted octanol–water partition coefficient (Wildman–Crippen LogP) is 3.15. The molecule has 1 aromatic carbocycles. The van der Waals surface area contributed by atoms with Crippen LogP contribution in [0.25, 0.3) is 10.1 Å². The zero-order chi connectivity index (χ0) is 14.9. The van der Waals surface area contributed by atoms with E-state index in [4.69, 9.17) is 5.73 Å². The van der Waals surface area contributed by atoms with E-state index in [9.17, 15) is 0 Å². The molecule has 1 aliphatic carbocycles. The van der Waals surface area contributed by atoms with Gasteiger partial charge in [0.25, 0.3) is 0 Å². The minimum Gasteiger partial charge on any atom is -0.368 e. The molecule has 2 fully saturated rings. The Balaban J connectivity index is 1.33. The SMILES string of the molecule is NC1CC(CCN2CCN(c3cccc4sccc34)CC2)C1. The van der Waals surface area contributed by atoms with Crippen molar-refractivity contribution >= 4 is 27.1 Å². The molecule has 0 spiro atoms. The van der Waals surface area contributed by atoms with Crippen LogP contribution in [0.2, 0.25) is 0 Å². The molecule has 1 aromatic heterocycles. The van der Waals surface area contributed by atoms with Crippen LogP contribution in [-0.4, -0.2) is 43.7 Å². The van der Waals surface area contributed by atoms with Gasteiger partial charge in [0.05, 0.1) is 0 Å². The molecule has 22 heavy (non-hydrogen) atoms. The minimum atomic E-state index is 0.493. The third kappa shape index (κ3) is 2.87. The molecule has 0 bridgehead atoms. The van der Waals surface area contributed by atoms with Crippen LogP contribution in [0.15, 0.2) is 29.6 Å². The van der Waals surface area contributed by atoms with Gasteiger partial charge in [0, 0.05) is 48.0 Å². The third-order valence-corrected chi connectivity index (χ3v) is 6.19. The van der Waals surface area contributed by atoms with Gasteiger partial charge in [-0.15, -0.1) is 11.3 Å². The molecule has 0 amide bonds. The van der Waals surface area contributed by atoms with E-state index in [1.165, 1.54) is 54.7 Å². The Morgan fingerprint density at radius 2 is 1.91 bits per heavy atom. The molecule has 1 saturated heterocycles. The molecule has 0 radical (unpaired) electrons. The summed E-state index contributed by atoms with van der Waals surface area (Å²) in [5.74, 6) is 0.896. The lowest BCUT2D eigenvalue weighted by molar-refractivity contribution is 0.189. The number of hydrogen-bond donors (Lipinski definition) is 1. The fraction of sp³-hybridized carbons (Fsp3) is 0.556. The van der Waals surface area contributed by atoms with Gasteiger partial charge in [-0.25, -0.2) is 0 Å².